The van der Waals surface area contributed by atoms with Crippen molar-refractivity contribution < 1.29 is 9.47 Å². The summed E-state index contributed by atoms with van der Waals surface area (Å²) in [5.41, 5.74) is 3.22. The molecule has 2 aromatic heterocycles. The predicted molar refractivity (Wildman–Crippen MR) is 96.9 cm³/mol. The van der Waals surface area contributed by atoms with Crippen LogP contribution in [-0.2, 0) is 4.74 Å². The fourth-order valence-electron chi connectivity index (χ4n) is 2.55. The van der Waals surface area contributed by atoms with E-state index in [0.717, 1.165) is 17.0 Å². The molecule has 3 aromatic rings. The average Bonchev–Trinajstić information content (AvgIpc) is 2.63. The molecule has 1 aromatic carbocycles. The average molecular weight is 356 g/mol. The van der Waals surface area contributed by atoms with Crippen LogP contribution in [0.4, 0.5) is 0 Å². The molecule has 2 heterocycles. The van der Waals surface area contributed by atoms with E-state index in [1.54, 1.807) is 20.3 Å². The monoisotopic (exact) mass is 355 g/mol. The van der Waals surface area contributed by atoms with Crippen molar-refractivity contribution in [2.75, 3.05) is 14.2 Å². The molecule has 1 atom stereocenters. The van der Waals surface area contributed by atoms with Crippen LogP contribution in [0.2, 0.25) is 5.02 Å². The van der Waals surface area contributed by atoms with Gasteiger partial charge in [0.2, 0.25) is 5.88 Å². The molecule has 25 heavy (non-hydrogen) atoms. The lowest BCUT2D eigenvalue weighted by atomic mass is 10.1. The van der Waals surface area contributed by atoms with E-state index >= 15 is 0 Å². The molecule has 128 valence electrons. The highest BCUT2D eigenvalue weighted by Crippen LogP contribution is 2.27. The van der Waals surface area contributed by atoms with E-state index in [9.17, 15) is 0 Å². The van der Waals surface area contributed by atoms with Gasteiger partial charge in [-0.1, -0.05) is 29.8 Å². The zero-order chi connectivity index (χ0) is 17.8. The van der Waals surface area contributed by atoms with Crippen LogP contribution in [-0.4, -0.2) is 29.2 Å². The van der Waals surface area contributed by atoms with Crippen molar-refractivity contribution in [3.8, 4) is 17.4 Å². The molecule has 0 spiro atoms. The second-order valence-corrected chi connectivity index (χ2v) is 5.93. The summed E-state index contributed by atoms with van der Waals surface area (Å²) in [6.07, 6.45) is -0.302. The zero-order valence-electron chi connectivity index (χ0n) is 14.2. The first-order valence-electron chi connectivity index (χ1n) is 7.76. The fraction of sp³-hybridized carbons (Fsp3) is 0.211. The van der Waals surface area contributed by atoms with Gasteiger partial charge in [-0.3, -0.25) is 0 Å². The third kappa shape index (κ3) is 3.95. The molecule has 0 fully saturated rings. The third-order valence-corrected chi connectivity index (χ3v) is 3.97. The van der Waals surface area contributed by atoms with Crippen LogP contribution in [0.5, 0.6) is 5.88 Å². The molecule has 0 aliphatic heterocycles. The lowest BCUT2D eigenvalue weighted by Gasteiger charge is -2.16. The molecule has 0 amide bonds. The minimum atomic E-state index is -0.302. The Kier molecular flexibility index (Phi) is 5.26. The van der Waals surface area contributed by atoms with Gasteiger partial charge in [0.15, 0.2) is 5.82 Å². The molecule has 6 heteroatoms. The number of methoxy groups -OCH3 is 2. The quantitative estimate of drug-likeness (QED) is 0.685. The van der Waals surface area contributed by atoms with Gasteiger partial charge >= 0.3 is 0 Å². The van der Waals surface area contributed by atoms with Gasteiger partial charge in [0.05, 0.1) is 12.8 Å². The van der Waals surface area contributed by atoms with Crippen LogP contribution in [0.1, 0.15) is 23.1 Å². The number of halogens is 1. The van der Waals surface area contributed by atoms with Crippen LogP contribution in [0, 0.1) is 6.92 Å². The van der Waals surface area contributed by atoms with E-state index in [1.807, 2.05) is 49.4 Å². The molecule has 1 unspecified atom stereocenters. The van der Waals surface area contributed by atoms with Crippen LogP contribution in [0.15, 0.2) is 48.5 Å². The van der Waals surface area contributed by atoms with Gasteiger partial charge in [-0.15, -0.1) is 0 Å². The summed E-state index contributed by atoms with van der Waals surface area (Å²) in [5, 5.41) is 0.681. The number of nitrogens with zero attached hydrogens (tertiary/aromatic N) is 3. The van der Waals surface area contributed by atoms with Crippen molar-refractivity contribution in [2.45, 2.75) is 13.0 Å². The minimum Gasteiger partial charge on any atom is -0.481 e. The topological polar surface area (TPSA) is 57.1 Å². The number of rotatable bonds is 5. The molecule has 0 aliphatic carbocycles. The molecule has 5 nitrogen and oxygen atoms in total. The molecule has 0 aliphatic rings. The first-order valence-corrected chi connectivity index (χ1v) is 8.13. The highest BCUT2D eigenvalue weighted by molar-refractivity contribution is 6.30. The predicted octanol–water partition coefficient (Wildman–Crippen LogP) is 4.24. The molecular formula is C19H18ClN3O2. The van der Waals surface area contributed by atoms with E-state index in [-0.39, 0.29) is 6.10 Å². The van der Waals surface area contributed by atoms with Gasteiger partial charge in [-0.2, -0.15) is 4.98 Å². The molecule has 3 rings (SSSR count). The van der Waals surface area contributed by atoms with Gasteiger partial charge in [0.1, 0.15) is 11.8 Å². The van der Waals surface area contributed by atoms with Gasteiger partial charge in [-0.05, 0) is 36.8 Å². The number of aryl methyl sites for hydroxylation is 1. The number of hydrogen-bond acceptors (Lipinski definition) is 5. The second kappa shape index (κ2) is 7.59. The van der Waals surface area contributed by atoms with E-state index in [0.29, 0.717) is 22.4 Å². The highest BCUT2D eigenvalue weighted by Gasteiger charge is 2.16. The summed E-state index contributed by atoms with van der Waals surface area (Å²) < 4.78 is 10.9. The van der Waals surface area contributed by atoms with Crippen molar-refractivity contribution >= 4 is 11.6 Å². The Labute approximate surface area is 151 Å². The number of ether oxygens (including phenoxy) is 2. The molecule has 0 radical (unpaired) electrons. The van der Waals surface area contributed by atoms with E-state index in [2.05, 4.69) is 9.97 Å². The number of benzene rings is 1. The number of pyridine rings is 1. The lowest BCUT2D eigenvalue weighted by molar-refractivity contribution is 0.133. The fourth-order valence-corrected chi connectivity index (χ4v) is 2.67. The standard InChI is InChI=1S/C19H18ClN3O2/c1-12-11-17(24-2)23-19(21-12)16-6-4-5-15(22-16)18(25-3)13-7-9-14(20)10-8-13/h4-11,18H,1-3H3. The van der Waals surface area contributed by atoms with Gasteiger partial charge in [0, 0.05) is 23.9 Å². The Bertz CT molecular complexity index is 869. The maximum atomic E-state index is 5.97. The molecule has 0 bridgehead atoms. The second-order valence-electron chi connectivity index (χ2n) is 5.49. The van der Waals surface area contributed by atoms with Crippen molar-refractivity contribution in [3.05, 3.63) is 70.5 Å². The van der Waals surface area contributed by atoms with Crippen molar-refractivity contribution in [1.29, 1.82) is 0 Å². The first kappa shape index (κ1) is 17.3. The molecular weight excluding hydrogens is 338 g/mol. The van der Waals surface area contributed by atoms with Crippen LogP contribution in [0.25, 0.3) is 11.5 Å². The van der Waals surface area contributed by atoms with E-state index in [4.69, 9.17) is 26.1 Å². The summed E-state index contributed by atoms with van der Waals surface area (Å²) in [4.78, 5) is 13.5. The minimum absolute atomic E-state index is 0.302. The largest absolute Gasteiger partial charge is 0.481 e. The maximum Gasteiger partial charge on any atom is 0.216 e. The Morgan fingerprint density at radius 2 is 1.72 bits per heavy atom. The lowest BCUT2D eigenvalue weighted by Crippen LogP contribution is -2.07. The Morgan fingerprint density at radius 1 is 0.960 bits per heavy atom. The van der Waals surface area contributed by atoms with Crippen molar-refractivity contribution in [3.63, 3.8) is 0 Å². The highest BCUT2D eigenvalue weighted by atomic mass is 35.5. The zero-order valence-corrected chi connectivity index (χ0v) is 15.0. The normalized spacial score (nSPS) is 12.0. The van der Waals surface area contributed by atoms with Gasteiger partial charge in [0.25, 0.3) is 0 Å². The Hall–Kier alpha value is -2.50. The van der Waals surface area contributed by atoms with E-state index in [1.165, 1.54) is 0 Å². The van der Waals surface area contributed by atoms with Gasteiger partial charge < -0.3 is 9.47 Å². The molecule has 0 saturated heterocycles. The van der Waals surface area contributed by atoms with Crippen molar-refractivity contribution in [1.82, 2.24) is 15.0 Å². The van der Waals surface area contributed by atoms with Gasteiger partial charge in [-0.25, -0.2) is 9.97 Å². The van der Waals surface area contributed by atoms with Crippen molar-refractivity contribution in [2.24, 2.45) is 0 Å². The summed E-state index contributed by atoms with van der Waals surface area (Å²) in [5.74, 6) is 1.03. The Balaban J connectivity index is 2.00. The first-order chi connectivity index (χ1) is 12.1. The summed E-state index contributed by atoms with van der Waals surface area (Å²) in [6, 6.07) is 15.0. The SMILES string of the molecule is COc1cc(C)nc(-c2cccc(C(OC)c3ccc(Cl)cc3)n2)n1. The summed E-state index contributed by atoms with van der Waals surface area (Å²) >= 11 is 5.97. The van der Waals surface area contributed by atoms with Crippen LogP contribution < -0.4 is 4.74 Å². The molecule has 0 saturated carbocycles. The summed E-state index contributed by atoms with van der Waals surface area (Å²) in [7, 11) is 3.23. The number of aromatic nitrogens is 3. The third-order valence-electron chi connectivity index (χ3n) is 3.72. The van der Waals surface area contributed by atoms with Crippen LogP contribution >= 0.6 is 11.6 Å². The Morgan fingerprint density at radius 3 is 2.40 bits per heavy atom. The molecule has 0 N–H and O–H groups in total. The smallest absolute Gasteiger partial charge is 0.216 e. The number of hydrogen-bond donors (Lipinski definition) is 0. The van der Waals surface area contributed by atoms with E-state index < -0.39 is 0 Å². The maximum absolute atomic E-state index is 5.97. The van der Waals surface area contributed by atoms with Crippen LogP contribution in [0.3, 0.4) is 0 Å². The summed E-state index contributed by atoms with van der Waals surface area (Å²) in [6.45, 7) is 1.89.